The second kappa shape index (κ2) is 7.23. The van der Waals surface area contributed by atoms with E-state index in [4.69, 9.17) is 5.11 Å². The molecule has 1 atom stereocenters. The van der Waals surface area contributed by atoms with Crippen molar-refractivity contribution in [2.75, 3.05) is 6.54 Å². The molecule has 2 heterocycles. The Morgan fingerprint density at radius 1 is 1.50 bits per heavy atom. The molecule has 7 heteroatoms. The third-order valence-corrected chi connectivity index (χ3v) is 4.26. The minimum Gasteiger partial charge on any atom is -0.481 e. The number of amides is 2. The molecular formula is C13H19N3O3S. The van der Waals surface area contributed by atoms with Gasteiger partial charge >= 0.3 is 12.0 Å². The topological polar surface area (TPSA) is 82.5 Å². The fourth-order valence-corrected chi connectivity index (χ4v) is 2.99. The molecule has 0 bridgehead atoms. The van der Waals surface area contributed by atoms with Crippen LogP contribution >= 0.6 is 11.3 Å². The highest BCUT2D eigenvalue weighted by molar-refractivity contribution is 7.09. The zero-order chi connectivity index (χ0) is 14.4. The number of hydrogen-bond acceptors (Lipinski definition) is 4. The van der Waals surface area contributed by atoms with Crippen molar-refractivity contribution in [3.8, 4) is 0 Å². The van der Waals surface area contributed by atoms with E-state index in [0.717, 1.165) is 24.1 Å². The lowest BCUT2D eigenvalue weighted by Crippen LogP contribution is -2.48. The van der Waals surface area contributed by atoms with Crippen LogP contribution in [0, 0.1) is 0 Å². The van der Waals surface area contributed by atoms with Gasteiger partial charge in [0.15, 0.2) is 0 Å². The van der Waals surface area contributed by atoms with Gasteiger partial charge in [-0.3, -0.25) is 9.78 Å². The number of likely N-dealkylation sites (tertiary alicyclic amines) is 1. The van der Waals surface area contributed by atoms with Crippen molar-refractivity contribution in [2.45, 2.75) is 44.7 Å². The second-order valence-electron chi connectivity index (χ2n) is 4.90. The van der Waals surface area contributed by atoms with Crippen LogP contribution < -0.4 is 5.32 Å². The molecule has 110 valence electrons. The summed E-state index contributed by atoms with van der Waals surface area (Å²) in [4.78, 5) is 29.6. The van der Waals surface area contributed by atoms with Crippen LogP contribution in [-0.2, 0) is 11.3 Å². The van der Waals surface area contributed by atoms with E-state index in [1.165, 1.54) is 11.3 Å². The lowest BCUT2D eigenvalue weighted by atomic mass is 9.98. The molecule has 0 aromatic carbocycles. The average molecular weight is 297 g/mol. The van der Waals surface area contributed by atoms with Crippen molar-refractivity contribution in [3.63, 3.8) is 0 Å². The number of urea groups is 1. The fourth-order valence-electron chi connectivity index (χ4n) is 2.45. The van der Waals surface area contributed by atoms with Crippen LogP contribution in [0.5, 0.6) is 0 Å². The van der Waals surface area contributed by atoms with Gasteiger partial charge in [0.25, 0.3) is 0 Å². The van der Waals surface area contributed by atoms with Crippen molar-refractivity contribution in [1.82, 2.24) is 15.2 Å². The lowest BCUT2D eigenvalue weighted by Gasteiger charge is -2.35. The monoisotopic (exact) mass is 297 g/mol. The van der Waals surface area contributed by atoms with Crippen molar-refractivity contribution in [3.05, 3.63) is 16.6 Å². The molecule has 1 aromatic rings. The summed E-state index contributed by atoms with van der Waals surface area (Å²) < 4.78 is 0. The molecule has 2 N–H and O–H groups in total. The molecule has 1 saturated heterocycles. The fraction of sp³-hybridized carbons (Fsp3) is 0.615. The number of thiazole rings is 1. The van der Waals surface area contributed by atoms with Crippen molar-refractivity contribution < 1.29 is 14.7 Å². The van der Waals surface area contributed by atoms with Gasteiger partial charge in [-0.25, -0.2) is 4.79 Å². The number of aromatic nitrogens is 1. The van der Waals surface area contributed by atoms with Gasteiger partial charge in [0.2, 0.25) is 0 Å². The maximum absolute atomic E-state index is 12.2. The van der Waals surface area contributed by atoms with E-state index < -0.39 is 5.97 Å². The first-order valence-corrected chi connectivity index (χ1v) is 7.68. The first-order valence-electron chi connectivity index (χ1n) is 6.80. The van der Waals surface area contributed by atoms with E-state index in [2.05, 4.69) is 10.3 Å². The molecule has 1 aromatic heterocycles. The molecule has 2 amide bonds. The summed E-state index contributed by atoms with van der Waals surface area (Å²) in [6.07, 6.45) is 5.32. The number of carboxylic acids is 1. The Balaban J connectivity index is 1.86. The molecule has 1 unspecified atom stereocenters. The minimum atomic E-state index is -0.805. The summed E-state index contributed by atoms with van der Waals surface area (Å²) in [5.74, 6) is -0.805. The van der Waals surface area contributed by atoms with Crippen LogP contribution in [0.3, 0.4) is 0 Å². The predicted octanol–water partition coefficient (Wildman–Crippen LogP) is 2.07. The Morgan fingerprint density at radius 3 is 3.05 bits per heavy atom. The first-order chi connectivity index (χ1) is 9.66. The maximum atomic E-state index is 12.2. The molecule has 2 rings (SSSR count). The van der Waals surface area contributed by atoms with E-state index in [1.807, 2.05) is 0 Å². The number of carboxylic acid groups (broad SMARTS) is 1. The van der Waals surface area contributed by atoms with E-state index in [-0.39, 0.29) is 18.5 Å². The molecular weight excluding hydrogens is 278 g/mol. The predicted molar refractivity (Wildman–Crippen MR) is 75.6 cm³/mol. The molecule has 0 aliphatic carbocycles. The highest BCUT2D eigenvalue weighted by Gasteiger charge is 2.26. The normalized spacial score (nSPS) is 18.8. The van der Waals surface area contributed by atoms with Crippen LogP contribution in [0.2, 0.25) is 0 Å². The quantitative estimate of drug-likeness (QED) is 0.871. The summed E-state index contributed by atoms with van der Waals surface area (Å²) in [7, 11) is 0. The zero-order valence-electron chi connectivity index (χ0n) is 11.2. The van der Waals surface area contributed by atoms with Gasteiger partial charge in [0, 0.05) is 30.1 Å². The number of piperidine rings is 1. The van der Waals surface area contributed by atoms with Crippen LogP contribution in [-0.4, -0.2) is 39.6 Å². The SMILES string of the molecule is O=C(O)CCC1CCCCN1C(=O)NCc1cncs1. The van der Waals surface area contributed by atoms with Crippen molar-refractivity contribution in [1.29, 1.82) is 0 Å². The summed E-state index contributed by atoms with van der Waals surface area (Å²) in [6.45, 7) is 1.18. The van der Waals surface area contributed by atoms with Gasteiger partial charge in [-0.15, -0.1) is 11.3 Å². The smallest absolute Gasteiger partial charge is 0.317 e. The van der Waals surface area contributed by atoms with Crippen LogP contribution in [0.25, 0.3) is 0 Å². The van der Waals surface area contributed by atoms with Gasteiger partial charge in [-0.05, 0) is 25.7 Å². The number of carbonyl (C=O) groups excluding carboxylic acids is 1. The molecule has 0 spiro atoms. The average Bonchev–Trinajstić information content (AvgIpc) is 2.96. The lowest BCUT2D eigenvalue weighted by molar-refractivity contribution is -0.137. The summed E-state index contributed by atoms with van der Waals surface area (Å²) in [5, 5.41) is 11.7. The Hall–Kier alpha value is -1.63. The largest absolute Gasteiger partial charge is 0.481 e. The molecule has 0 radical (unpaired) electrons. The van der Waals surface area contributed by atoms with E-state index in [1.54, 1.807) is 16.6 Å². The Morgan fingerprint density at radius 2 is 2.35 bits per heavy atom. The Labute approximate surface area is 121 Å². The second-order valence-corrected chi connectivity index (χ2v) is 5.87. The maximum Gasteiger partial charge on any atom is 0.317 e. The van der Waals surface area contributed by atoms with Gasteiger partial charge in [0.1, 0.15) is 0 Å². The summed E-state index contributed by atoms with van der Waals surface area (Å²) in [5.41, 5.74) is 1.73. The molecule has 1 fully saturated rings. The van der Waals surface area contributed by atoms with Gasteiger partial charge in [-0.2, -0.15) is 0 Å². The molecule has 0 saturated carbocycles. The molecule has 6 nitrogen and oxygen atoms in total. The number of nitrogens with zero attached hydrogens (tertiary/aromatic N) is 2. The van der Waals surface area contributed by atoms with Crippen LogP contribution in [0.1, 0.15) is 37.0 Å². The summed E-state index contributed by atoms with van der Waals surface area (Å²) >= 11 is 1.50. The first kappa shape index (κ1) is 14.8. The third kappa shape index (κ3) is 4.19. The molecule has 1 aliphatic rings. The Kier molecular flexibility index (Phi) is 5.34. The number of nitrogens with one attached hydrogen (secondary N) is 1. The van der Waals surface area contributed by atoms with Crippen molar-refractivity contribution >= 4 is 23.3 Å². The minimum absolute atomic E-state index is 0.0429. The number of hydrogen-bond donors (Lipinski definition) is 2. The number of carbonyl (C=O) groups is 2. The standard InChI is InChI=1S/C13H19N3O3S/c17-12(18)5-4-10-3-1-2-6-16(10)13(19)15-8-11-7-14-9-20-11/h7,9-10H,1-6,8H2,(H,15,19)(H,17,18). The van der Waals surface area contributed by atoms with E-state index >= 15 is 0 Å². The molecule has 1 aliphatic heterocycles. The zero-order valence-corrected chi connectivity index (χ0v) is 12.1. The third-order valence-electron chi connectivity index (χ3n) is 3.48. The van der Waals surface area contributed by atoms with Gasteiger partial charge in [-0.1, -0.05) is 0 Å². The van der Waals surface area contributed by atoms with Crippen LogP contribution in [0.4, 0.5) is 4.79 Å². The van der Waals surface area contributed by atoms with Crippen molar-refractivity contribution in [2.24, 2.45) is 0 Å². The number of rotatable bonds is 5. The van der Waals surface area contributed by atoms with Gasteiger partial charge < -0.3 is 15.3 Å². The van der Waals surface area contributed by atoms with E-state index in [0.29, 0.717) is 19.5 Å². The van der Waals surface area contributed by atoms with Crippen LogP contribution in [0.15, 0.2) is 11.7 Å². The van der Waals surface area contributed by atoms with E-state index in [9.17, 15) is 9.59 Å². The summed E-state index contributed by atoms with van der Waals surface area (Å²) in [6, 6.07) is -0.0604. The Bertz CT molecular complexity index is 450. The number of aliphatic carboxylic acids is 1. The highest BCUT2D eigenvalue weighted by Crippen LogP contribution is 2.21. The highest BCUT2D eigenvalue weighted by atomic mass is 32.1. The molecule has 20 heavy (non-hydrogen) atoms. The van der Waals surface area contributed by atoms with Gasteiger partial charge in [0.05, 0.1) is 12.1 Å².